The standard InChI is InChI=1S/C57H68F2N12O6S/c1-33(2)52(56(75)70-30-42(72)24-46(70)55(74)63-34(3)37-9-11-38(12-10-37)53-35(4)62-32-78-53)48-26-50(66-77-48)68-21-16-36(17-22-68)27-67-20-18-49(57(58,59)31-67)76-51-23-39(15-19-61-51)71-40-13-14-41(71)29-69(28-40)45-25-44(64-65-54(45)60)43-7-5-6-8-47(43)73/h5-12,15,19,23,25-26,32-34,36,40-42,46,49,52,72-73H,13-14,16-18,20-22,24,27-31H2,1-4H3,(H2,60,65)(H,63,74)/t34-,40?,41?,42+,46-,49-,52+/m0/s1. The minimum Gasteiger partial charge on any atom is -0.507 e. The SMILES string of the molecule is Cc1ncsc1-c1ccc([C@H](C)NC(=O)[C@@H]2C[C@@H](O)CN2C(=O)[C@@H](c2cc(N3CCC(CN4CC[C@H](Oc5cc(N6C7CCC6CN(c6cc(-c8ccccc8O)nnc6N)C7)ccn5)C(F)(F)C4)CC3)no2)C(C)C)cc1. The highest BCUT2D eigenvalue weighted by molar-refractivity contribution is 7.13. The molecule has 6 aromatic rings. The van der Waals surface area contributed by atoms with Crippen LogP contribution in [0.15, 0.2) is 89.0 Å². The molecule has 2 bridgehead atoms. The lowest BCUT2D eigenvalue weighted by Gasteiger charge is -2.43. The number of phenolic OH excluding ortho intramolecular Hbond substituents is 1. The highest BCUT2D eigenvalue weighted by atomic mass is 32.1. The summed E-state index contributed by atoms with van der Waals surface area (Å²) in [6.45, 7) is 11.0. The van der Waals surface area contributed by atoms with Gasteiger partial charge in [-0.15, -0.1) is 21.5 Å². The number of aliphatic hydroxyl groups is 1. The number of benzene rings is 2. The molecule has 2 aromatic carbocycles. The Kier molecular flexibility index (Phi) is 15.0. The maximum absolute atomic E-state index is 16.0. The summed E-state index contributed by atoms with van der Waals surface area (Å²) in [5.41, 5.74) is 13.9. The number of amides is 2. The lowest BCUT2D eigenvalue weighted by molar-refractivity contribution is -0.142. The van der Waals surface area contributed by atoms with E-state index in [9.17, 15) is 19.8 Å². The number of carbonyl (C=O) groups excluding carboxylic acids is 2. The van der Waals surface area contributed by atoms with Gasteiger partial charge in [-0.2, -0.15) is 0 Å². The predicted molar refractivity (Wildman–Crippen MR) is 294 cm³/mol. The van der Waals surface area contributed by atoms with Crippen LogP contribution in [0.25, 0.3) is 21.7 Å². The molecule has 0 aliphatic carbocycles. The van der Waals surface area contributed by atoms with E-state index < -0.39 is 36.6 Å². The number of ether oxygens (including phenoxy) is 1. The van der Waals surface area contributed by atoms with Gasteiger partial charge in [0.1, 0.15) is 17.7 Å². The molecule has 0 saturated carbocycles. The van der Waals surface area contributed by atoms with Crippen molar-refractivity contribution < 1.29 is 37.8 Å². The summed E-state index contributed by atoms with van der Waals surface area (Å²) in [5, 5.41) is 37.2. The van der Waals surface area contributed by atoms with Crippen molar-refractivity contribution in [2.45, 2.75) is 114 Å². The van der Waals surface area contributed by atoms with E-state index in [0.29, 0.717) is 67.9 Å². The first-order chi connectivity index (χ1) is 37.6. The first kappa shape index (κ1) is 53.1. The highest BCUT2D eigenvalue weighted by Crippen LogP contribution is 2.41. The van der Waals surface area contributed by atoms with Crippen molar-refractivity contribution in [1.29, 1.82) is 0 Å². The number of thiazole rings is 1. The Bertz CT molecular complexity index is 3080. The molecule has 2 amide bonds. The zero-order valence-electron chi connectivity index (χ0n) is 44.4. The Hall–Kier alpha value is -6.97. The number of aromatic hydroxyl groups is 1. The molecule has 21 heteroatoms. The molecule has 5 saturated heterocycles. The predicted octanol–water partition coefficient (Wildman–Crippen LogP) is 7.69. The molecular formula is C57H68F2N12O6S. The number of rotatable bonds is 15. The fourth-order valence-corrected chi connectivity index (χ4v) is 13.3. The van der Waals surface area contributed by atoms with E-state index in [1.807, 2.05) is 80.6 Å². The van der Waals surface area contributed by atoms with Gasteiger partial charge in [0.05, 0.1) is 46.2 Å². The van der Waals surface area contributed by atoms with E-state index in [2.05, 4.69) is 45.3 Å². The Morgan fingerprint density at radius 3 is 2.38 bits per heavy atom. The second kappa shape index (κ2) is 22.0. The number of nitrogens with zero attached hydrogens (tertiary/aromatic N) is 10. The van der Waals surface area contributed by atoms with Crippen LogP contribution in [-0.2, 0) is 9.59 Å². The second-order valence-corrected chi connectivity index (χ2v) is 23.1. The van der Waals surface area contributed by atoms with Gasteiger partial charge in [-0.05, 0) is 86.8 Å². The maximum Gasteiger partial charge on any atom is 0.296 e. The van der Waals surface area contributed by atoms with Crippen molar-refractivity contribution in [2.75, 3.05) is 72.8 Å². The molecule has 0 radical (unpaired) electrons. The van der Waals surface area contributed by atoms with Gasteiger partial charge in [-0.25, -0.2) is 18.7 Å². The van der Waals surface area contributed by atoms with Crippen LogP contribution in [-0.4, -0.2) is 146 Å². The van der Waals surface area contributed by atoms with Gasteiger partial charge >= 0.3 is 0 Å². The molecule has 5 N–H and O–H groups in total. The van der Waals surface area contributed by atoms with Crippen LogP contribution in [0.3, 0.4) is 0 Å². The molecular weight excluding hydrogens is 1020 g/mol. The molecule has 78 heavy (non-hydrogen) atoms. The average molecular weight is 1090 g/mol. The molecule has 7 atom stereocenters. The van der Waals surface area contributed by atoms with Crippen molar-refractivity contribution in [3.8, 4) is 33.3 Å². The number of aromatic nitrogens is 5. The monoisotopic (exact) mass is 1090 g/mol. The number of aliphatic hydroxyl groups excluding tert-OH is 1. The Balaban J connectivity index is 0.657. The van der Waals surface area contributed by atoms with Crippen molar-refractivity contribution in [3.63, 3.8) is 0 Å². The fraction of sp³-hybridized carbons (Fsp3) is 0.491. The number of piperidine rings is 2. The third-order valence-electron chi connectivity index (χ3n) is 16.5. The normalized spacial score (nSPS) is 23.5. The molecule has 2 unspecified atom stereocenters. The second-order valence-electron chi connectivity index (χ2n) is 22.2. The summed E-state index contributed by atoms with van der Waals surface area (Å²) in [4.78, 5) is 48.1. The number of alkyl halides is 2. The number of nitrogen functional groups attached to an aromatic ring is 1. The number of carbonyl (C=O) groups is 2. The lowest BCUT2D eigenvalue weighted by Crippen LogP contribution is -2.55. The van der Waals surface area contributed by atoms with Crippen LogP contribution in [0.1, 0.15) is 88.3 Å². The van der Waals surface area contributed by atoms with Crippen LogP contribution in [0.5, 0.6) is 11.6 Å². The number of aryl methyl sites for hydroxylation is 1. The Morgan fingerprint density at radius 1 is 0.923 bits per heavy atom. The summed E-state index contributed by atoms with van der Waals surface area (Å²) >= 11 is 1.58. The Labute approximate surface area is 456 Å². The molecule has 0 spiro atoms. The quantitative estimate of drug-likeness (QED) is 0.0776. The van der Waals surface area contributed by atoms with Gasteiger partial charge in [0.2, 0.25) is 17.7 Å². The number of para-hydroxylation sites is 1. The number of nitrogens with two attached hydrogens (primary N) is 1. The first-order valence-corrected chi connectivity index (χ1v) is 28.1. The summed E-state index contributed by atoms with van der Waals surface area (Å²) in [5.74, 6) is -2.86. The van der Waals surface area contributed by atoms with Crippen molar-refractivity contribution in [3.05, 3.63) is 102 Å². The largest absolute Gasteiger partial charge is 0.507 e. The van der Waals surface area contributed by atoms with E-state index in [0.717, 1.165) is 58.8 Å². The third kappa shape index (κ3) is 10.9. The number of fused-ring (bicyclic) bond motifs is 2. The highest BCUT2D eigenvalue weighted by Gasteiger charge is 2.48. The summed E-state index contributed by atoms with van der Waals surface area (Å²) < 4.78 is 44.0. The van der Waals surface area contributed by atoms with Gasteiger partial charge in [-0.3, -0.25) is 14.5 Å². The number of likely N-dealkylation sites (tertiary alicyclic amines) is 2. The van der Waals surface area contributed by atoms with Crippen LogP contribution in [0.4, 0.5) is 31.8 Å². The minimum absolute atomic E-state index is 0.0314. The number of hydrogen-bond acceptors (Lipinski definition) is 17. The molecule has 5 aliphatic heterocycles. The van der Waals surface area contributed by atoms with Gasteiger partial charge in [-0.1, -0.05) is 55.4 Å². The molecule has 5 aliphatic rings. The molecule has 412 valence electrons. The summed E-state index contributed by atoms with van der Waals surface area (Å²) in [7, 11) is 0. The van der Waals surface area contributed by atoms with Gasteiger partial charge in [0.15, 0.2) is 23.5 Å². The number of phenols is 1. The number of anilines is 4. The minimum atomic E-state index is -3.10. The van der Waals surface area contributed by atoms with Gasteiger partial charge in [0.25, 0.3) is 5.92 Å². The molecule has 18 nitrogen and oxygen atoms in total. The fourth-order valence-electron chi connectivity index (χ4n) is 12.4. The van der Waals surface area contributed by atoms with Crippen LogP contribution in [0, 0.1) is 18.8 Å². The molecule has 4 aromatic heterocycles. The molecule has 9 heterocycles. The average Bonchev–Trinajstić information content (AvgIpc) is 4.34. The smallest absolute Gasteiger partial charge is 0.296 e. The van der Waals surface area contributed by atoms with E-state index in [4.69, 9.17) is 15.0 Å². The van der Waals surface area contributed by atoms with E-state index >= 15 is 8.78 Å². The Morgan fingerprint density at radius 2 is 1.68 bits per heavy atom. The molecule has 5 fully saturated rings. The van der Waals surface area contributed by atoms with Crippen molar-refractivity contribution >= 4 is 46.2 Å². The van der Waals surface area contributed by atoms with E-state index in [1.165, 1.54) is 4.90 Å². The van der Waals surface area contributed by atoms with Gasteiger partial charge < -0.3 is 50.1 Å². The number of halogens is 2. The third-order valence-corrected chi connectivity index (χ3v) is 17.5. The van der Waals surface area contributed by atoms with E-state index in [1.54, 1.807) is 47.9 Å². The number of pyridine rings is 1. The lowest BCUT2D eigenvalue weighted by atomic mass is 9.91. The van der Waals surface area contributed by atoms with Crippen LogP contribution >= 0.6 is 11.3 Å². The number of piperazine rings is 1. The van der Waals surface area contributed by atoms with Crippen LogP contribution in [0.2, 0.25) is 0 Å². The number of nitrogens with one attached hydrogen (secondary N) is 1. The molecule has 11 rings (SSSR count). The maximum atomic E-state index is 16.0. The first-order valence-electron chi connectivity index (χ1n) is 27.3. The summed E-state index contributed by atoms with van der Waals surface area (Å²) in [6.07, 6.45) is 3.20. The van der Waals surface area contributed by atoms with E-state index in [-0.39, 0.29) is 72.8 Å². The van der Waals surface area contributed by atoms with Crippen molar-refractivity contribution in [2.24, 2.45) is 11.8 Å². The van der Waals surface area contributed by atoms with Crippen molar-refractivity contribution in [1.82, 2.24) is 40.4 Å². The number of β-amino-alcohol motifs (C(OH)–C–C–N with tert-alkyl or cyclic N) is 1. The van der Waals surface area contributed by atoms with Crippen LogP contribution < -0.4 is 30.5 Å². The zero-order chi connectivity index (χ0) is 54.4. The van der Waals surface area contributed by atoms with Gasteiger partial charge in [0, 0.05) is 100 Å². The summed E-state index contributed by atoms with van der Waals surface area (Å²) in [6, 6.07) is 21.5. The number of hydrogen-bond donors (Lipinski definition) is 4. The topological polar surface area (TPSA) is 216 Å². The zero-order valence-corrected chi connectivity index (χ0v) is 45.2.